The molecule has 5 fully saturated rings. The molecule has 0 spiro atoms. The first-order chi connectivity index (χ1) is 20.0. The Hall–Kier alpha value is -2.96. The highest BCUT2D eigenvalue weighted by Crippen LogP contribution is 2.81. The number of ether oxygens (including phenoxy) is 4. The van der Waals surface area contributed by atoms with Gasteiger partial charge in [0.1, 0.15) is 23.9 Å². The number of fused-ring (bicyclic) bond motifs is 5. The summed E-state index contributed by atoms with van der Waals surface area (Å²) in [5.74, 6) is -6.77. The van der Waals surface area contributed by atoms with Crippen LogP contribution in [0.5, 0.6) is 0 Å². The van der Waals surface area contributed by atoms with E-state index in [4.69, 9.17) is 23.4 Å². The van der Waals surface area contributed by atoms with Gasteiger partial charge in [0.15, 0.2) is 6.10 Å². The van der Waals surface area contributed by atoms with Crippen molar-refractivity contribution in [3.8, 4) is 0 Å². The summed E-state index contributed by atoms with van der Waals surface area (Å²) < 4.78 is 27.9. The molecule has 236 valence electrons. The second-order valence-electron chi connectivity index (χ2n) is 14.1. The maximum atomic E-state index is 13.3. The topological polar surface area (TPSA) is 179 Å². The Kier molecular flexibility index (Phi) is 6.49. The number of rotatable bonds is 5. The number of methoxy groups -OCH3 is 1. The zero-order valence-corrected chi connectivity index (χ0v) is 25.2. The standard InChI is InChI=1S/C31H40O12/c1-14(32)41-24-20-25(42-15(2)33)31(38)17(29(5)22(21(35)26(36)39-6)28(24,4)13-30(20,29)37)7-9-27(3)18(31)11-19(34)43-23(27)16-8-10-40-12-16/h8,10,12,17-18,20-25,35,37-38H,7,9,11,13H2,1-6H3/t17-,18-,20-,21-,22+,23+,24-,25-,27-,28-,29-,30+,31-/m1/s1. The van der Waals surface area contributed by atoms with Gasteiger partial charge in [0, 0.05) is 53.4 Å². The van der Waals surface area contributed by atoms with Crippen molar-refractivity contribution >= 4 is 23.9 Å². The fraction of sp³-hybridized carbons (Fsp3) is 0.742. The van der Waals surface area contributed by atoms with E-state index in [2.05, 4.69) is 0 Å². The molecule has 1 aromatic rings. The summed E-state index contributed by atoms with van der Waals surface area (Å²) >= 11 is 0. The average molecular weight is 605 g/mol. The lowest BCUT2D eigenvalue weighted by Crippen LogP contribution is -2.81. The van der Waals surface area contributed by atoms with Crippen LogP contribution in [0, 0.1) is 39.9 Å². The Balaban J connectivity index is 1.61. The molecule has 12 heteroatoms. The van der Waals surface area contributed by atoms with Gasteiger partial charge in [0.25, 0.3) is 0 Å². The number of aliphatic hydroxyl groups excluding tert-OH is 1. The van der Waals surface area contributed by atoms with Crippen LogP contribution >= 0.6 is 0 Å². The van der Waals surface area contributed by atoms with Crippen molar-refractivity contribution in [3.63, 3.8) is 0 Å². The number of furan rings is 1. The predicted octanol–water partition coefficient (Wildman–Crippen LogP) is 1.84. The molecular weight excluding hydrogens is 564 g/mol. The zero-order chi connectivity index (χ0) is 31.5. The highest BCUT2D eigenvalue weighted by atomic mass is 16.6. The van der Waals surface area contributed by atoms with Gasteiger partial charge < -0.3 is 38.7 Å². The van der Waals surface area contributed by atoms with Gasteiger partial charge in [-0.1, -0.05) is 20.8 Å². The van der Waals surface area contributed by atoms with E-state index < -0.39 is 99.4 Å². The molecule has 12 nitrogen and oxygen atoms in total. The van der Waals surface area contributed by atoms with Gasteiger partial charge in [-0.15, -0.1) is 0 Å². The summed E-state index contributed by atoms with van der Waals surface area (Å²) in [6.45, 7) is 7.79. The molecular formula is C31H40O12. The minimum absolute atomic E-state index is 0.00377. The number of hydrogen-bond acceptors (Lipinski definition) is 12. The molecule has 1 aliphatic heterocycles. The smallest absolute Gasteiger partial charge is 0.335 e. The molecule has 2 bridgehead atoms. The van der Waals surface area contributed by atoms with Crippen LogP contribution in [0.2, 0.25) is 0 Å². The maximum absolute atomic E-state index is 13.3. The van der Waals surface area contributed by atoms with Gasteiger partial charge in [-0.2, -0.15) is 0 Å². The van der Waals surface area contributed by atoms with Crippen molar-refractivity contribution in [2.75, 3.05) is 7.11 Å². The Morgan fingerprint density at radius 2 is 1.67 bits per heavy atom. The van der Waals surface area contributed by atoms with Crippen molar-refractivity contribution in [3.05, 3.63) is 24.2 Å². The lowest BCUT2D eigenvalue weighted by Gasteiger charge is -2.72. The van der Waals surface area contributed by atoms with Crippen molar-refractivity contribution in [2.24, 2.45) is 39.9 Å². The Bertz CT molecular complexity index is 1360. The minimum atomic E-state index is -1.97. The van der Waals surface area contributed by atoms with Crippen LogP contribution in [0.25, 0.3) is 0 Å². The molecule has 13 atom stereocenters. The maximum Gasteiger partial charge on any atom is 0.335 e. The molecule has 4 aliphatic carbocycles. The lowest BCUT2D eigenvalue weighted by atomic mass is 9.36. The van der Waals surface area contributed by atoms with Crippen LogP contribution in [0.1, 0.15) is 72.0 Å². The Labute approximate surface area is 249 Å². The van der Waals surface area contributed by atoms with Crippen molar-refractivity contribution in [1.82, 2.24) is 0 Å². The number of cyclic esters (lactones) is 1. The highest BCUT2D eigenvalue weighted by Gasteiger charge is 2.89. The summed E-state index contributed by atoms with van der Waals surface area (Å²) in [5, 5.41) is 37.6. The van der Waals surface area contributed by atoms with E-state index in [1.807, 2.05) is 6.92 Å². The molecule has 4 saturated carbocycles. The fourth-order valence-corrected chi connectivity index (χ4v) is 11.0. The lowest BCUT2D eigenvalue weighted by molar-refractivity contribution is -0.357. The third kappa shape index (κ3) is 3.54. The molecule has 0 radical (unpaired) electrons. The molecule has 1 saturated heterocycles. The molecule has 6 rings (SSSR count). The summed E-state index contributed by atoms with van der Waals surface area (Å²) in [4.78, 5) is 51.4. The van der Waals surface area contributed by atoms with Gasteiger partial charge in [-0.05, 0) is 25.3 Å². The van der Waals surface area contributed by atoms with E-state index in [0.717, 1.165) is 7.11 Å². The van der Waals surface area contributed by atoms with Gasteiger partial charge in [0.2, 0.25) is 0 Å². The summed E-state index contributed by atoms with van der Waals surface area (Å²) in [5.41, 5.74) is -6.50. The number of carbonyl (C=O) groups excluding carboxylic acids is 4. The van der Waals surface area contributed by atoms with Crippen molar-refractivity contribution in [2.45, 2.75) is 95.9 Å². The largest absolute Gasteiger partial charge is 0.472 e. The second kappa shape index (κ2) is 9.28. The van der Waals surface area contributed by atoms with Gasteiger partial charge in [-0.3, -0.25) is 14.4 Å². The minimum Gasteiger partial charge on any atom is -0.472 e. The molecule has 1 aromatic heterocycles. The van der Waals surface area contributed by atoms with Crippen LogP contribution in [-0.4, -0.2) is 75.8 Å². The van der Waals surface area contributed by atoms with E-state index in [0.29, 0.717) is 12.0 Å². The van der Waals surface area contributed by atoms with E-state index in [1.165, 1.54) is 26.4 Å². The van der Waals surface area contributed by atoms with Crippen LogP contribution < -0.4 is 0 Å². The SMILES string of the molecule is COC(=O)[C@H](O)[C@H]1[C@@]2(C)C[C@]3(O)[C@H]([C@H]2OC(C)=O)[C@@H](OC(C)=O)[C@]2(O)[C@@H]4CC(=O)O[C@@H](c5ccoc5)[C@]4(C)CC[C@@H]2[C@]13C. The average Bonchev–Trinajstić information content (AvgIpc) is 3.57. The van der Waals surface area contributed by atoms with Crippen LogP contribution in [0.3, 0.4) is 0 Å². The number of carbonyl (C=O) groups is 4. The van der Waals surface area contributed by atoms with Gasteiger partial charge in [0.05, 0.1) is 37.6 Å². The summed E-state index contributed by atoms with van der Waals surface area (Å²) in [6, 6.07) is 1.69. The molecule has 2 heterocycles. The van der Waals surface area contributed by atoms with Gasteiger partial charge in [-0.25, -0.2) is 4.79 Å². The molecule has 0 amide bonds. The van der Waals surface area contributed by atoms with E-state index in [1.54, 1.807) is 19.9 Å². The van der Waals surface area contributed by atoms with Crippen LogP contribution in [0.15, 0.2) is 23.0 Å². The first kappa shape index (κ1) is 30.1. The molecule has 5 aliphatic rings. The van der Waals surface area contributed by atoms with E-state index in [-0.39, 0.29) is 19.3 Å². The monoisotopic (exact) mass is 604 g/mol. The van der Waals surface area contributed by atoms with Crippen LogP contribution in [0.4, 0.5) is 0 Å². The predicted molar refractivity (Wildman–Crippen MR) is 143 cm³/mol. The molecule has 3 N–H and O–H groups in total. The Morgan fingerprint density at radius 3 is 2.26 bits per heavy atom. The van der Waals surface area contributed by atoms with E-state index in [9.17, 15) is 34.5 Å². The summed E-state index contributed by atoms with van der Waals surface area (Å²) in [6.07, 6.45) is -1.61. The van der Waals surface area contributed by atoms with Gasteiger partial charge >= 0.3 is 23.9 Å². The quantitative estimate of drug-likeness (QED) is 0.328. The summed E-state index contributed by atoms with van der Waals surface area (Å²) in [7, 11) is 1.15. The highest BCUT2D eigenvalue weighted by molar-refractivity contribution is 5.76. The third-order valence-electron chi connectivity index (χ3n) is 12.3. The second-order valence-corrected chi connectivity index (χ2v) is 14.1. The Morgan fingerprint density at radius 1 is 1.02 bits per heavy atom. The first-order valence-corrected chi connectivity index (χ1v) is 14.8. The normalized spacial score (nSPS) is 48.4. The fourth-order valence-electron chi connectivity index (χ4n) is 11.0. The molecule has 0 unspecified atom stereocenters. The van der Waals surface area contributed by atoms with Crippen LogP contribution in [-0.2, 0) is 38.1 Å². The third-order valence-corrected chi connectivity index (χ3v) is 12.3. The molecule has 0 aromatic carbocycles. The zero-order valence-electron chi connectivity index (χ0n) is 25.2. The first-order valence-electron chi connectivity index (χ1n) is 14.8. The van der Waals surface area contributed by atoms with E-state index >= 15 is 0 Å². The number of hydrogen-bond donors (Lipinski definition) is 3. The molecule has 43 heavy (non-hydrogen) atoms. The number of esters is 4. The van der Waals surface area contributed by atoms with Crippen molar-refractivity contribution < 1.29 is 57.9 Å². The number of aliphatic hydroxyl groups is 3. The van der Waals surface area contributed by atoms with Crippen molar-refractivity contribution in [1.29, 1.82) is 0 Å².